The average Bonchev–Trinajstić information content (AvgIpc) is 2.91. The summed E-state index contributed by atoms with van der Waals surface area (Å²) in [6.07, 6.45) is 0. The summed E-state index contributed by atoms with van der Waals surface area (Å²) in [6.45, 7) is 1.54. The van der Waals surface area contributed by atoms with Gasteiger partial charge in [-0.1, -0.05) is 23.4 Å². The molecule has 1 heterocycles. The third-order valence-electron chi connectivity index (χ3n) is 3.22. The van der Waals surface area contributed by atoms with Crippen LogP contribution in [0.3, 0.4) is 0 Å². The summed E-state index contributed by atoms with van der Waals surface area (Å²) in [5.41, 5.74) is 0.858. The van der Waals surface area contributed by atoms with E-state index >= 15 is 0 Å². The van der Waals surface area contributed by atoms with Crippen molar-refractivity contribution in [1.82, 2.24) is 14.4 Å². The number of aryl methyl sites for hydroxylation is 1. The second kappa shape index (κ2) is 4.88. The molecule has 1 aromatic heterocycles. The van der Waals surface area contributed by atoms with E-state index in [9.17, 15) is 18.5 Å². The predicted octanol–water partition coefficient (Wildman–Crippen LogP) is 1.88. The van der Waals surface area contributed by atoms with Crippen LogP contribution in [0.15, 0.2) is 47.4 Å². The Labute approximate surface area is 125 Å². The monoisotopic (exact) mass is 318 g/mol. The summed E-state index contributed by atoms with van der Waals surface area (Å²) >= 11 is 0. The fourth-order valence-corrected chi connectivity index (χ4v) is 3.32. The Morgan fingerprint density at radius 1 is 1.18 bits per heavy atom. The molecule has 0 saturated heterocycles. The van der Waals surface area contributed by atoms with Crippen LogP contribution in [0.25, 0.3) is 11.0 Å². The molecule has 0 amide bonds. The molecule has 0 spiro atoms. The van der Waals surface area contributed by atoms with E-state index in [0.29, 0.717) is 16.6 Å². The molecule has 9 heteroatoms. The van der Waals surface area contributed by atoms with Gasteiger partial charge in [-0.25, -0.2) is 0 Å². The first kappa shape index (κ1) is 14.1. The molecule has 0 saturated carbocycles. The lowest BCUT2D eigenvalue weighted by atomic mass is 10.2. The molecule has 0 unspecified atom stereocenters. The summed E-state index contributed by atoms with van der Waals surface area (Å²) in [4.78, 5) is 10.2. The van der Waals surface area contributed by atoms with Crippen molar-refractivity contribution >= 4 is 26.7 Å². The van der Waals surface area contributed by atoms with Crippen molar-refractivity contribution in [3.05, 3.63) is 58.1 Å². The molecule has 0 bridgehead atoms. The van der Waals surface area contributed by atoms with Crippen LogP contribution >= 0.6 is 0 Å². The molecule has 3 rings (SSSR count). The standard InChI is InChI=1S/C13H10N4O4S/c1-9-6-7-10(8-13(9)17(18)19)22(20,21)16-12-5-3-2-4-11(12)14-15-16/h2-8H,1H3. The first-order chi connectivity index (χ1) is 10.4. The lowest BCUT2D eigenvalue weighted by Gasteiger charge is -2.05. The van der Waals surface area contributed by atoms with Gasteiger partial charge in [0.1, 0.15) is 11.0 Å². The van der Waals surface area contributed by atoms with Crippen molar-refractivity contribution in [1.29, 1.82) is 0 Å². The number of hydrogen-bond acceptors (Lipinski definition) is 6. The first-order valence-corrected chi connectivity index (χ1v) is 7.66. The van der Waals surface area contributed by atoms with Crippen molar-refractivity contribution in [2.24, 2.45) is 0 Å². The van der Waals surface area contributed by atoms with Crippen molar-refractivity contribution in [2.45, 2.75) is 11.8 Å². The van der Waals surface area contributed by atoms with Gasteiger partial charge < -0.3 is 0 Å². The highest BCUT2D eigenvalue weighted by atomic mass is 32.2. The Morgan fingerprint density at radius 3 is 2.64 bits per heavy atom. The van der Waals surface area contributed by atoms with Gasteiger partial charge in [0, 0.05) is 11.6 Å². The molecule has 0 aliphatic heterocycles. The highest BCUT2D eigenvalue weighted by Crippen LogP contribution is 2.24. The lowest BCUT2D eigenvalue weighted by Crippen LogP contribution is -2.15. The van der Waals surface area contributed by atoms with Gasteiger partial charge in [0.05, 0.1) is 9.82 Å². The fourth-order valence-electron chi connectivity index (χ4n) is 2.07. The van der Waals surface area contributed by atoms with Crippen LogP contribution in [-0.4, -0.2) is 27.7 Å². The van der Waals surface area contributed by atoms with Crippen LogP contribution in [0, 0.1) is 17.0 Å². The van der Waals surface area contributed by atoms with Gasteiger partial charge >= 0.3 is 0 Å². The highest BCUT2D eigenvalue weighted by molar-refractivity contribution is 7.90. The molecule has 0 N–H and O–H groups in total. The van der Waals surface area contributed by atoms with Gasteiger partial charge in [-0.3, -0.25) is 10.1 Å². The molecule has 112 valence electrons. The third-order valence-corrected chi connectivity index (χ3v) is 4.80. The van der Waals surface area contributed by atoms with E-state index in [4.69, 9.17) is 0 Å². The van der Waals surface area contributed by atoms with Gasteiger partial charge in [-0.05, 0) is 25.1 Å². The molecule has 22 heavy (non-hydrogen) atoms. The van der Waals surface area contributed by atoms with Crippen LogP contribution in [0.2, 0.25) is 0 Å². The first-order valence-electron chi connectivity index (χ1n) is 6.22. The smallest absolute Gasteiger partial charge is 0.258 e. The van der Waals surface area contributed by atoms with E-state index in [1.54, 1.807) is 31.2 Å². The molecule has 2 aromatic carbocycles. The van der Waals surface area contributed by atoms with E-state index in [1.165, 1.54) is 12.1 Å². The van der Waals surface area contributed by atoms with Gasteiger partial charge in [-0.15, -0.1) is 9.19 Å². The van der Waals surface area contributed by atoms with Crippen LogP contribution in [-0.2, 0) is 10.0 Å². The number of fused-ring (bicyclic) bond motifs is 1. The number of nitro benzene ring substituents is 1. The minimum Gasteiger partial charge on any atom is -0.258 e. The summed E-state index contributed by atoms with van der Waals surface area (Å²) in [7, 11) is -4.06. The Kier molecular flexibility index (Phi) is 3.14. The zero-order valence-corrected chi connectivity index (χ0v) is 12.2. The quantitative estimate of drug-likeness (QED) is 0.539. The van der Waals surface area contributed by atoms with E-state index in [-0.39, 0.29) is 10.6 Å². The predicted molar refractivity (Wildman–Crippen MR) is 77.9 cm³/mol. The van der Waals surface area contributed by atoms with Gasteiger partial charge in [0.2, 0.25) is 0 Å². The molecule has 0 aliphatic rings. The molecule has 8 nitrogen and oxygen atoms in total. The molecule has 0 aliphatic carbocycles. The molecule has 0 radical (unpaired) electrons. The summed E-state index contributed by atoms with van der Waals surface area (Å²) in [5, 5.41) is 18.4. The van der Waals surface area contributed by atoms with Gasteiger partial charge in [0.15, 0.2) is 0 Å². The molecule has 3 aromatic rings. The second-order valence-corrected chi connectivity index (χ2v) is 6.40. The third kappa shape index (κ3) is 2.11. The highest BCUT2D eigenvalue weighted by Gasteiger charge is 2.24. The van der Waals surface area contributed by atoms with Gasteiger partial charge in [-0.2, -0.15) is 8.42 Å². The number of nitrogens with zero attached hydrogens (tertiary/aromatic N) is 4. The minimum absolute atomic E-state index is 0.208. The van der Waals surface area contributed by atoms with Crippen molar-refractivity contribution in [2.75, 3.05) is 0 Å². The maximum absolute atomic E-state index is 12.6. The molecular formula is C13H10N4O4S. The number of hydrogen-bond donors (Lipinski definition) is 0. The topological polar surface area (TPSA) is 108 Å². The van der Waals surface area contributed by atoms with E-state index in [2.05, 4.69) is 10.3 Å². The minimum atomic E-state index is -4.06. The Hall–Kier alpha value is -2.81. The Balaban J connectivity index is 2.22. The van der Waals surface area contributed by atoms with Crippen LogP contribution in [0.1, 0.15) is 5.56 Å². The normalized spacial score (nSPS) is 11.7. The van der Waals surface area contributed by atoms with Gasteiger partial charge in [0.25, 0.3) is 15.7 Å². The maximum atomic E-state index is 12.6. The number of nitro groups is 1. The zero-order chi connectivity index (χ0) is 15.9. The second-order valence-electron chi connectivity index (χ2n) is 4.63. The number of benzene rings is 2. The lowest BCUT2D eigenvalue weighted by molar-refractivity contribution is -0.385. The Morgan fingerprint density at radius 2 is 1.91 bits per heavy atom. The fraction of sp³-hybridized carbons (Fsp3) is 0.0769. The maximum Gasteiger partial charge on any atom is 0.285 e. The van der Waals surface area contributed by atoms with E-state index in [1.807, 2.05) is 0 Å². The molecular weight excluding hydrogens is 308 g/mol. The summed E-state index contributed by atoms with van der Waals surface area (Å²) in [5.74, 6) is 0. The summed E-state index contributed by atoms with van der Waals surface area (Å²) < 4.78 is 26.0. The zero-order valence-electron chi connectivity index (χ0n) is 11.4. The van der Waals surface area contributed by atoms with Crippen LogP contribution in [0.5, 0.6) is 0 Å². The van der Waals surface area contributed by atoms with E-state index in [0.717, 1.165) is 10.2 Å². The SMILES string of the molecule is Cc1ccc(S(=O)(=O)n2nnc3ccccc32)cc1[N+](=O)[O-]. The number of aromatic nitrogens is 3. The Bertz CT molecular complexity index is 994. The van der Waals surface area contributed by atoms with Crippen LogP contribution < -0.4 is 0 Å². The molecule has 0 atom stereocenters. The van der Waals surface area contributed by atoms with Crippen molar-refractivity contribution in [3.63, 3.8) is 0 Å². The number of rotatable bonds is 3. The molecule has 0 fully saturated rings. The largest absolute Gasteiger partial charge is 0.285 e. The summed E-state index contributed by atoms with van der Waals surface area (Å²) in [6, 6.07) is 10.3. The number of para-hydroxylation sites is 1. The van der Waals surface area contributed by atoms with E-state index < -0.39 is 14.9 Å². The van der Waals surface area contributed by atoms with Crippen molar-refractivity contribution < 1.29 is 13.3 Å². The van der Waals surface area contributed by atoms with Crippen molar-refractivity contribution in [3.8, 4) is 0 Å². The van der Waals surface area contributed by atoms with Crippen LogP contribution in [0.4, 0.5) is 5.69 Å². The average molecular weight is 318 g/mol.